The molecule has 1 atom stereocenters. The molecular weight excluding hydrogens is 250 g/mol. The molecule has 1 amide bonds. The van der Waals surface area contributed by atoms with E-state index in [9.17, 15) is 9.59 Å². The molecule has 0 spiro atoms. The number of benzene rings is 1. The Morgan fingerprint density at radius 3 is 2.56 bits per heavy atom. The SMILES string of the molecule is CC(=O)N1c2ccc(C)cc2C(=O)C(Cl)C1(C)C. The lowest BCUT2D eigenvalue weighted by Gasteiger charge is -2.45. The number of fused-ring (bicyclic) bond motifs is 1. The van der Waals surface area contributed by atoms with E-state index in [1.807, 2.05) is 32.9 Å². The molecule has 1 aromatic rings. The Hall–Kier alpha value is -1.35. The summed E-state index contributed by atoms with van der Waals surface area (Å²) in [6.45, 7) is 7.03. The molecule has 0 aliphatic carbocycles. The number of anilines is 1. The van der Waals surface area contributed by atoms with Gasteiger partial charge in [0.25, 0.3) is 0 Å². The average Bonchev–Trinajstić information content (AvgIpc) is 2.27. The lowest BCUT2D eigenvalue weighted by Crippen LogP contribution is -2.58. The second-order valence-electron chi connectivity index (χ2n) is 5.26. The molecule has 2 rings (SSSR count). The number of halogens is 1. The summed E-state index contributed by atoms with van der Waals surface area (Å²) in [5.41, 5.74) is 1.45. The Kier molecular flexibility index (Phi) is 2.98. The quantitative estimate of drug-likeness (QED) is 0.677. The average molecular weight is 266 g/mol. The number of rotatable bonds is 0. The monoisotopic (exact) mass is 265 g/mol. The van der Waals surface area contributed by atoms with Gasteiger partial charge in [-0.05, 0) is 32.9 Å². The maximum atomic E-state index is 12.3. The van der Waals surface area contributed by atoms with Gasteiger partial charge in [-0.1, -0.05) is 11.6 Å². The molecule has 0 N–H and O–H groups in total. The van der Waals surface area contributed by atoms with Crippen molar-refractivity contribution < 1.29 is 9.59 Å². The first-order valence-corrected chi connectivity index (χ1v) is 6.30. The highest BCUT2D eigenvalue weighted by molar-refractivity contribution is 6.37. The lowest BCUT2D eigenvalue weighted by molar-refractivity contribution is -0.117. The van der Waals surface area contributed by atoms with E-state index in [0.29, 0.717) is 11.3 Å². The summed E-state index contributed by atoms with van der Waals surface area (Å²) < 4.78 is 0. The van der Waals surface area contributed by atoms with E-state index >= 15 is 0 Å². The molecular formula is C14H16ClNO2. The van der Waals surface area contributed by atoms with E-state index in [1.54, 1.807) is 11.0 Å². The molecule has 1 aliphatic heterocycles. The number of ketones is 1. The standard InChI is InChI=1S/C14H16ClNO2/c1-8-5-6-11-10(7-8)12(18)13(15)14(3,4)16(11)9(2)17/h5-7,13H,1-4H3. The zero-order valence-electron chi connectivity index (χ0n) is 11.0. The van der Waals surface area contributed by atoms with E-state index in [4.69, 9.17) is 11.6 Å². The van der Waals surface area contributed by atoms with Crippen LogP contribution >= 0.6 is 11.6 Å². The molecule has 3 nitrogen and oxygen atoms in total. The minimum absolute atomic E-state index is 0.108. The molecule has 1 aromatic carbocycles. The summed E-state index contributed by atoms with van der Waals surface area (Å²) in [7, 11) is 0. The van der Waals surface area contributed by atoms with Gasteiger partial charge in [0.05, 0.1) is 11.2 Å². The van der Waals surface area contributed by atoms with Crippen molar-refractivity contribution in [3.8, 4) is 0 Å². The fraction of sp³-hybridized carbons (Fsp3) is 0.429. The van der Waals surface area contributed by atoms with Gasteiger partial charge in [-0.15, -0.1) is 11.6 Å². The molecule has 0 radical (unpaired) electrons. The number of carbonyl (C=O) groups is 2. The number of hydrogen-bond donors (Lipinski definition) is 0. The Morgan fingerprint density at radius 2 is 2.00 bits per heavy atom. The van der Waals surface area contributed by atoms with Gasteiger partial charge in [-0.25, -0.2) is 0 Å². The fourth-order valence-corrected chi connectivity index (χ4v) is 2.71. The van der Waals surface area contributed by atoms with Crippen molar-refractivity contribution in [3.05, 3.63) is 29.3 Å². The summed E-state index contributed by atoms with van der Waals surface area (Å²) in [5, 5.41) is -0.726. The summed E-state index contributed by atoms with van der Waals surface area (Å²) in [6, 6.07) is 5.50. The predicted molar refractivity (Wildman–Crippen MR) is 72.4 cm³/mol. The van der Waals surface area contributed by atoms with Crippen LogP contribution < -0.4 is 4.90 Å². The smallest absolute Gasteiger partial charge is 0.224 e. The summed E-state index contributed by atoms with van der Waals surface area (Å²) in [5.74, 6) is -0.221. The van der Waals surface area contributed by atoms with Crippen molar-refractivity contribution in [2.75, 3.05) is 4.90 Å². The second kappa shape index (κ2) is 4.09. The molecule has 0 bridgehead atoms. The number of aryl methyl sites for hydroxylation is 1. The number of alkyl halides is 1. The molecule has 18 heavy (non-hydrogen) atoms. The number of hydrogen-bond acceptors (Lipinski definition) is 2. The zero-order chi connectivity index (χ0) is 13.7. The Balaban J connectivity index is 2.72. The molecule has 96 valence electrons. The molecule has 4 heteroatoms. The van der Waals surface area contributed by atoms with Crippen LogP contribution in [0.3, 0.4) is 0 Å². The van der Waals surface area contributed by atoms with Crippen molar-refractivity contribution in [3.63, 3.8) is 0 Å². The van der Waals surface area contributed by atoms with E-state index in [2.05, 4.69) is 0 Å². The van der Waals surface area contributed by atoms with Gasteiger partial charge < -0.3 is 4.90 Å². The Morgan fingerprint density at radius 1 is 1.39 bits per heavy atom. The molecule has 0 aromatic heterocycles. The van der Waals surface area contributed by atoms with Crippen molar-refractivity contribution in [1.29, 1.82) is 0 Å². The van der Waals surface area contributed by atoms with Crippen LogP contribution in [0.2, 0.25) is 0 Å². The first kappa shape index (κ1) is 13.1. The first-order chi connectivity index (χ1) is 8.26. The Labute approximate surface area is 112 Å². The predicted octanol–water partition coefficient (Wildman–Crippen LogP) is 2.93. The Bertz CT molecular complexity index is 537. The van der Waals surface area contributed by atoms with Crippen molar-refractivity contribution >= 4 is 29.0 Å². The maximum absolute atomic E-state index is 12.3. The third kappa shape index (κ3) is 1.74. The summed E-state index contributed by atoms with van der Waals surface area (Å²) in [6.07, 6.45) is 0. The van der Waals surface area contributed by atoms with Crippen LogP contribution in [0.15, 0.2) is 18.2 Å². The van der Waals surface area contributed by atoms with Gasteiger partial charge in [0.1, 0.15) is 5.38 Å². The summed E-state index contributed by atoms with van der Waals surface area (Å²) >= 11 is 6.23. The first-order valence-electron chi connectivity index (χ1n) is 5.86. The molecule has 1 unspecified atom stereocenters. The second-order valence-corrected chi connectivity index (χ2v) is 5.69. The number of carbonyl (C=O) groups excluding carboxylic acids is 2. The lowest BCUT2D eigenvalue weighted by atomic mass is 9.84. The normalized spacial score (nSPS) is 21.7. The van der Waals surface area contributed by atoms with Crippen molar-refractivity contribution in [2.24, 2.45) is 0 Å². The van der Waals surface area contributed by atoms with E-state index in [0.717, 1.165) is 5.56 Å². The van der Waals surface area contributed by atoms with E-state index < -0.39 is 10.9 Å². The zero-order valence-corrected chi connectivity index (χ0v) is 11.7. The van der Waals surface area contributed by atoms with Crippen LogP contribution in [0, 0.1) is 6.92 Å². The molecule has 0 fully saturated rings. The number of amides is 1. The molecule has 0 saturated heterocycles. The summed E-state index contributed by atoms with van der Waals surface area (Å²) in [4.78, 5) is 25.8. The minimum atomic E-state index is -0.726. The topological polar surface area (TPSA) is 37.4 Å². The highest BCUT2D eigenvalue weighted by Gasteiger charge is 2.46. The number of nitrogens with zero attached hydrogens (tertiary/aromatic N) is 1. The maximum Gasteiger partial charge on any atom is 0.224 e. The van der Waals surface area contributed by atoms with Crippen LogP contribution in [-0.4, -0.2) is 22.6 Å². The van der Waals surface area contributed by atoms with Gasteiger partial charge in [0.2, 0.25) is 5.91 Å². The van der Waals surface area contributed by atoms with Gasteiger partial charge in [-0.2, -0.15) is 0 Å². The van der Waals surface area contributed by atoms with Crippen LogP contribution in [0.1, 0.15) is 36.7 Å². The van der Waals surface area contributed by atoms with Crippen LogP contribution in [0.25, 0.3) is 0 Å². The molecule has 0 saturated carbocycles. The van der Waals surface area contributed by atoms with Crippen molar-refractivity contribution in [1.82, 2.24) is 0 Å². The van der Waals surface area contributed by atoms with Crippen LogP contribution in [-0.2, 0) is 4.79 Å². The van der Waals surface area contributed by atoms with Crippen LogP contribution in [0.5, 0.6) is 0 Å². The third-order valence-corrected chi connectivity index (χ3v) is 4.13. The van der Waals surface area contributed by atoms with Crippen molar-refractivity contribution in [2.45, 2.75) is 38.6 Å². The van der Waals surface area contributed by atoms with Gasteiger partial charge in [0, 0.05) is 12.5 Å². The van der Waals surface area contributed by atoms with Gasteiger partial charge in [-0.3, -0.25) is 9.59 Å². The highest BCUT2D eigenvalue weighted by Crippen LogP contribution is 2.39. The number of Topliss-reactive ketones (excluding diaryl/α,β-unsaturated/α-hetero) is 1. The largest absolute Gasteiger partial charge is 0.304 e. The highest BCUT2D eigenvalue weighted by atomic mass is 35.5. The van der Waals surface area contributed by atoms with E-state index in [1.165, 1.54) is 6.92 Å². The van der Waals surface area contributed by atoms with Gasteiger partial charge in [0.15, 0.2) is 5.78 Å². The molecule has 1 heterocycles. The van der Waals surface area contributed by atoms with Gasteiger partial charge >= 0.3 is 0 Å². The van der Waals surface area contributed by atoms with Crippen LogP contribution in [0.4, 0.5) is 5.69 Å². The minimum Gasteiger partial charge on any atom is -0.304 e. The third-order valence-electron chi connectivity index (χ3n) is 3.40. The molecule has 1 aliphatic rings. The van der Waals surface area contributed by atoms with E-state index in [-0.39, 0.29) is 11.7 Å². The fourth-order valence-electron chi connectivity index (χ4n) is 2.50.